The molecule has 168 valence electrons. The zero-order valence-electron chi connectivity index (χ0n) is 19.4. The van der Waals surface area contributed by atoms with E-state index in [1.807, 2.05) is 6.92 Å². The molecule has 0 saturated carbocycles. The molecule has 0 rings (SSSR count). The van der Waals surface area contributed by atoms with Gasteiger partial charge in [0, 0.05) is 0 Å². The number of esters is 1. The number of rotatable bonds is 17. The molecule has 0 saturated heterocycles. The Hall–Kier alpha value is -1.10. The summed E-state index contributed by atoms with van der Waals surface area (Å²) in [5.41, 5.74) is 0. The van der Waals surface area contributed by atoms with Gasteiger partial charge in [-0.15, -0.1) is 0 Å². The first-order valence-electron chi connectivity index (χ1n) is 11.6. The average molecular weight is 402 g/mol. The third-order valence-electron chi connectivity index (χ3n) is 4.99. The van der Waals surface area contributed by atoms with Gasteiger partial charge in [-0.3, -0.25) is 4.79 Å². The molecule has 0 aliphatic heterocycles. The second kappa shape index (κ2) is 20.6. The van der Waals surface area contributed by atoms with E-state index in [1.165, 1.54) is 82.0 Å². The first kappa shape index (κ1) is 29.1. The van der Waals surface area contributed by atoms with E-state index in [-0.39, 0.29) is 0 Å². The van der Waals surface area contributed by atoms with Crippen LogP contribution < -0.4 is 5.11 Å². The second-order valence-corrected chi connectivity index (χ2v) is 7.77. The van der Waals surface area contributed by atoms with Crippen molar-refractivity contribution in [3.63, 3.8) is 0 Å². The molecule has 0 aliphatic rings. The fraction of sp³-hybridized carbons (Fsp3) is 0.913. The molecule has 0 bridgehead atoms. The lowest BCUT2D eigenvalue weighted by atomic mass is 10.1. The van der Waals surface area contributed by atoms with Gasteiger partial charge in [-0.05, 0) is 32.1 Å². The quantitative estimate of drug-likeness (QED) is 0.156. The lowest BCUT2D eigenvalue weighted by molar-refractivity contribution is -0.929. The number of carbonyl (C=O) groups is 2. The maximum Gasteiger partial charge on any atom is 0.311 e. The molecule has 0 aliphatic carbocycles. The van der Waals surface area contributed by atoms with Crippen LogP contribution in [0, 0.1) is 0 Å². The van der Waals surface area contributed by atoms with Crippen molar-refractivity contribution in [1.82, 2.24) is 0 Å². The van der Waals surface area contributed by atoms with Crippen molar-refractivity contribution in [2.75, 3.05) is 32.8 Å². The highest BCUT2D eigenvalue weighted by atomic mass is 16.5. The molecule has 0 aromatic carbocycles. The summed E-state index contributed by atoms with van der Waals surface area (Å²) in [6.07, 6.45) is 12.1. The SMILES string of the molecule is CCCCOC(=O)CC(=O)[O-].CCCC[N+](CCCC)(CCCC)CCCC. The van der Waals surface area contributed by atoms with Crippen LogP contribution in [0.15, 0.2) is 0 Å². The number of quaternary nitrogens is 1. The second-order valence-electron chi connectivity index (χ2n) is 7.77. The molecular formula is C23H47NO4. The highest BCUT2D eigenvalue weighted by Crippen LogP contribution is 2.16. The van der Waals surface area contributed by atoms with E-state index < -0.39 is 18.4 Å². The minimum atomic E-state index is -1.40. The topological polar surface area (TPSA) is 66.4 Å². The van der Waals surface area contributed by atoms with Gasteiger partial charge in [0.25, 0.3) is 0 Å². The Labute approximate surface area is 174 Å². The lowest BCUT2D eigenvalue weighted by Gasteiger charge is -2.39. The Morgan fingerprint density at radius 2 is 1.04 bits per heavy atom. The summed E-state index contributed by atoms with van der Waals surface area (Å²) in [6, 6.07) is 0. The average Bonchev–Trinajstić information content (AvgIpc) is 2.67. The van der Waals surface area contributed by atoms with E-state index in [4.69, 9.17) is 0 Å². The predicted octanol–water partition coefficient (Wildman–Crippen LogP) is 4.47. The van der Waals surface area contributed by atoms with E-state index in [0.29, 0.717) is 6.61 Å². The zero-order valence-corrected chi connectivity index (χ0v) is 19.4. The van der Waals surface area contributed by atoms with Gasteiger partial charge >= 0.3 is 5.97 Å². The number of ether oxygens (including phenoxy) is 1. The molecule has 0 amide bonds. The van der Waals surface area contributed by atoms with Crippen LogP contribution in [0.5, 0.6) is 0 Å². The van der Waals surface area contributed by atoms with E-state index in [9.17, 15) is 14.7 Å². The summed E-state index contributed by atoms with van der Waals surface area (Å²) in [7, 11) is 0. The molecule has 0 radical (unpaired) electrons. The first-order valence-corrected chi connectivity index (χ1v) is 11.6. The van der Waals surface area contributed by atoms with Gasteiger partial charge in [0.2, 0.25) is 0 Å². The number of carbonyl (C=O) groups excluding carboxylic acids is 2. The van der Waals surface area contributed by atoms with Crippen LogP contribution in [0.2, 0.25) is 0 Å². The highest BCUT2D eigenvalue weighted by Gasteiger charge is 2.24. The van der Waals surface area contributed by atoms with Gasteiger partial charge in [-0.2, -0.15) is 0 Å². The van der Waals surface area contributed by atoms with Crippen molar-refractivity contribution in [1.29, 1.82) is 0 Å². The Bertz CT molecular complexity index is 334. The number of unbranched alkanes of at least 4 members (excludes halogenated alkanes) is 5. The highest BCUT2D eigenvalue weighted by molar-refractivity contribution is 5.88. The van der Waals surface area contributed by atoms with Gasteiger partial charge in [0.05, 0.1) is 45.2 Å². The van der Waals surface area contributed by atoms with Crippen LogP contribution in [-0.4, -0.2) is 49.2 Å². The molecule has 28 heavy (non-hydrogen) atoms. The van der Waals surface area contributed by atoms with E-state index in [0.717, 1.165) is 12.8 Å². The fourth-order valence-corrected chi connectivity index (χ4v) is 3.14. The van der Waals surface area contributed by atoms with Crippen molar-refractivity contribution in [3.05, 3.63) is 0 Å². The Morgan fingerprint density at radius 3 is 1.32 bits per heavy atom. The molecule has 0 heterocycles. The Kier molecular flexibility index (Phi) is 21.4. The van der Waals surface area contributed by atoms with Crippen LogP contribution >= 0.6 is 0 Å². The molecule has 0 spiro atoms. The summed E-state index contributed by atoms with van der Waals surface area (Å²) in [6.45, 7) is 17.3. The number of aliphatic carboxylic acids is 1. The van der Waals surface area contributed by atoms with Crippen LogP contribution in [0.3, 0.4) is 0 Å². The molecule has 0 N–H and O–H groups in total. The first-order chi connectivity index (χ1) is 13.4. The Morgan fingerprint density at radius 1 is 0.679 bits per heavy atom. The van der Waals surface area contributed by atoms with E-state index in [2.05, 4.69) is 32.4 Å². The molecule has 5 nitrogen and oxygen atoms in total. The standard InChI is InChI=1S/C16H36N.C7H12O4/c1-5-9-13-17(14-10-6-2,15-11-7-3)16-12-8-4;1-2-3-4-11-7(10)5-6(8)9/h5-16H2,1-4H3;2-5H2,1H3,(H,8,9)/q+1;/p-1. The summed E-state index contributed by atoms with van der Waals surface area (Å²) in [5, 5.41) is 9.83. The van der Waals surface area contributed by atoms with E-state index in [1.54, 1.807) is 0 Å². The van der Waals surface area contributed by atoms with Crippen LogP contribution in [0.25, 0.3) is 0 Å². The number of hydrogen-bond acceptors (Lipinski definition) is 4. The largest absolute Gasteiger partial charge is 0.550 e. The normalized spacial score (nSPS) is 10.9. The lowest BCUT2D eigenvalue weighted by Crippen LogP contribution is -2.50. The third kappa shape index (κ3) is 18.3. The molecule has 0 aromatic rings. The van der Waals surface area contributed by atoms with Gasteiger partial charge in [-0.1, -0.05) is 66.7 Å². The summed E-state index contributed by atoms with van der Waals surface area (Å²) >= 11 is 0. The maximum atomic E-state index is 10.5. The molecular weight excluding hydrogens is 354 g/mol. The maximum absolute atomic E-state index is 10.5. The van der Waals surface area contributed by atoms with Gasteiger partial charge < -0.3 is 19.1 Å². The fourth-order valence-electron chi connectivity index (χ4n) is 3.14. The van der Waals surface area contributed by atoms with Gasteiger partial charge in [0.1, 0.15) is 0 Å². The van der Waals surface area contributed by atoms with Crippen LogP contribution in [0.4, 0.5) is 0 Å². The molecule has 0 aromatic heterocycles. The molecule has 0 atom stereocenters. The van der Waals surface area contributed by atoms with Gasteiger partial charge in [0.15, 0.2) is 0 Å². The smallest absolute Gasteiger partial charge is 0.311 e. The molecule has 0 unspecified atom stereocenters. The summed E-state index contributed by atoms with van der Waals surface area (Å²) in [5.74, 6) is -2.12. The number of hydrogen-bond donors (Lipinski definition) is 0. The van der Waals surface area contributed by atoms with Gasteiger partial charge in [-0.25, -0.2) is 0 Å². The summed E-state index contributed by atoms with van der Waals surface area (Å²) in [4.78, 5) is 20.3. The van der Waals surface area contributed by atoms with Crippen molar-refractivity contribution in [2.45, 2.75) is 105 Å². The van der Waals surface area contributed by atoms with Crippen molar-refractivity contribution < 1.29 is 23.9 Å². The van der Waals surface area contributed by atoms with Crippen molar-refractivity contribution in [3.8, 4) is 0 Å². The number of carboxylic acids is 1. The monoisotopic (exact) mass is 401 g/mol. The molecule has 5 heteroatoms. The van der Waals surface area contributed by atoms with Crippen LogP contribution in [0.1, 0.15) is 105 Å². The Balaban J connectivity index is 0. The minimum Gasteiger partial charge on any atom is -0.550 e. The van der Waals surface area contributed by atoms with E-state index >= 15 is 0 Å². The number of carboxylic acid groups (broad SMARTS) is 1. The minimum absolute atomic E-state index is 0.294. The van der Waals surface area contributed by atoms with Crippen LogP contribution in [-0.2, 0) is 14.3 Å². The van der Waals surface area contributed by atoms with Crippen molar-refractivity contribution in [2.24, 2.45) is 0 Å². The number of nitrogens with zero attached hydrogens (tertiary/aromatic N) is 1. The summed E-state index contributed by atoms with van der Waals surface area (Å²) < 4.78 is 5.95. The molecule has 0 fully saturated rings. The zero-order chi connectivity index (χ0) is 21.7. The third-order valence-corrected chi connectivity index (χ3v) is 4.99. The predicted molar refractivity (Wildman–Crippen MR) is 115 cm³/mol. The van der Waals surface area contributed by atoms with Crippen molar-refractivity contribution >= 4 is 11.9 Å².